The van der Waals surface area contributed by atoms with Crippen molar-refractivity contribution in [3.05, 3.63) is 75.3 Å². The lowest BCUT2D eigenvalue weighted by Gasteiger charge is -2.00. The van der Waals surface area contributed by atoms with Crippen molar-refractivity contribution in [1.82, 2.24) is 5.32 Å². The molecule has 0 spiro atoms. The highest BCUT2D eigenvalue weighted by atomic mass is 16.6. The summed E-state index contributed by atoms with van der Waals surface area (Å²) in [5.74, 6) is 4.73. The van der Waals surface area contributed by atoms with Crippen molar-refractivity contribution in [2.24, 2.45) is 5.73 Å². The summed E-state index contributed by atoms with van der Waals surface area (Å²) in [4.78, 5) is 32.8. The van der Waals surface area contributed by atoms with Crippen molar-refractivity contribution in [2.75, 3.05) is 6.54 Å². The van der Waals surface area contributed by atoms with Gasteiger partial charge in [-0.15, -0.1) is 0 Å². The molecule has 0 fully saturated rings. The van der Waals surface area contributed by atoms with E-state index in [1.165, 1.54) is 24.3 Å². The molecule has 120 valence electrons. The smallest absolute Gasteiger partial charge is 0.269 e. The number of primary amides is 1. The largest absolute Gasteiger partial charge is 0.366 e. The summed E-state index contributed by atoms with van der Waals surface area (Å²) in [6.07, 6.45) is 0. The number of carbonyl (C=O) groups excluding carboxylic acids is 2. The second kappa shape index (κ2) is 7.56. The van der Waals surface area contributed by atoms with E-state index < -0.39 is 10.8 Å². The van der Waals surface area contributed by atoms with Crippen molar-refractivity contribution in [1.29, 1.82) is 0 Å². The molecule has 2 rings (SSSR count). The van der Waals surface area contributed by atoms with E-state index in [2.05, 4.69) is 17.2 Å². The van der Waals surface area contributed by atoms with Crippen molar-refractivity contribution in [3.8, 4) is 11.8 Å². The molecule has 2 aromatic carbocycles. The quantitative estimate of drug-likeness (QED) is 0.503. The number of carbonyl (C=O) groups is 2. The monoisotopic (exact) mass is 323 g/mol. The molecule has 0 saturated heterocycles. The first-order valence-electron chi connectivity index (χ1n) is 6.89. The predicted molar refractivity (Wildman–Crippen MR) is 87.3 cm³/mol. The third-order valence-electron chi connectivity index (χ3n) is 3.08. The number of rotatable bonds is 4. The lowest BCUT2D eigenvalue weighted by molar-refractivity contribution is -0.384. The standard InChI is InChI=1S/C17H13N3O4/c18-16(21)13-5-3-12(4-6-13)2-1-11-19-17(22)14-7-9-15(10-8-14)20(23)24/h3-10H,11H2,(H2,18,21)(H,19,22). The highest BCUT2D eigenvalue weighted by Gasteiger charge is 2.08. The second-order valence-corrected chi connectivity index (χ2v) is 4.73. The number of hydrogen-bond donors (Lipinski definition) is 2. The molecule has 0 saturated carbocycles. The molecular weight excluding hydrogens is 310 g/mol. The van der Waals surface area contributed by atoms with Crippen LogP contribution in [0.5, 0.6) is 0 Å². The lowest BCUT2D eigenvalue weighted by atomic mass is 10.1. The maximum absolute atomic E-state index is 11.9. The molecule has 0 atom stereocenters. The average Bonchev–Trinajstić information content (AvgIpc) is 2.59. The van der Waals surface area contributed by atoms with E-state index in [1.807, 2.05) is 0 Å². The molecule has 2 amide bonds. The lowest BCUT2D eigenvalue weighted by Crippen LogP contribution is -2.23. The molecule has 7 heteroatoms. The third-order valence-corrected chi connectivity index (χ3v) is 3.08. The summed E-state index contributed by atoms with van der Waals surface area (Å²) in [5.41, 5.74) is 6.46. The second-order valence-electron chi connectivity index (χ2n) is 4.73. The van der Waals surface area contributed by atoms with Gasteiger partial charge in [-0.2, -0.15) is 0 Å². The van der Waals surface area contributed by atoms with E-state index in [4.69, 9.17) is 5.73 Å². The van der Waals surface area contributed by atoms with E-state index in [0.29, 0.717) is 16.7 Å². The highest BCUT2D eigenvalue weighted by molar-refractivity contribution is 5.94. The molecule has 0 aliphatic carbocycles. The van der Waals surface area contributed by atoms with Gasteiger partial charge in [0.1, 0.15) is 0 Å². The Bertz CT molecular complexity index is 831. The number of non-ortho nitro benzene ring substituents is 1. The molecule has 7 nitrogen and oxygen atoms in total. The maximum atomic E-state index is 11.9. The van der Waals surface area contributed by atoms with Gasteiger partial charge in [0.05, 0.1) is 11.5 Å². The van der Waals surface area contributed by atoms with Gasteiger partial charge in [0.2, 0.25) is 5.91 Å². The molecule has 24 heavy (non-hydrogen) atoms. The number of nitro groups is 1. The van der Waals surface area contributed by atoms with Crippen LogP contribution in [0.15, 0.2) is 48.5 Å². The van der Waals surface area contributed by atoms with Crippen molar-refractivity contribution < 1.29 is 14.5 Å². The molecule has 0 unspecified atom stereocenters. The van der Waals surface area contributed by atoms with Gasteiger partial charge in [0, 0.05) is 28.8 Å². The minimum absolute atomic E-state index is 0.0780. The molecule has 0 aliphatic rings. The van der Waals surface area contributed by atoms with Crippen LogP contribution in [0, 0.1) is 22.0 Å². The molecule has 0 aromatic heterocycles. The molecule has 2 aromatic rings. The molecular formula is C17H13N3O4. The number of nitro benzene ring substituents is 1. The van der Waals surface area contributed by atoms with Crippen LogP contribution in [0.3, 0.4) is 0 Å². The van der Waals surface area contributed by atoms with Crippen LogP contribution in [0.1, 0.15) is 26.3 Å². The fourth-order valence-electron chi connectivity index (χ4n) is 1.83. The minimum Gasteiger partial charge on any atom is -0.366 e. The van der Waals surface area contributed by atoms with Gasteiger partial charge in [0.15, 0.2) is 0 Å². The van der Waals surface area contributed by atoms with Crippen LogP contribution in [-0.4, -0.2) is 23.3 Å². The molecule has 0 heterocycles. The van der Waals surface area contributed by atoms with Gasteiger partial charge >= 0.3 is 0 Å². The molecule has 0 radical (unpaired) electrons. The van der Waals surface area contributed by atoms with E-state index in [9.17, 15) is 19.7 Å². The molecule has 0 aliphatic heterocycles. The van der Waals surface area contributed by atoms with Crippen LogP contribution >= 0.6 is 0 Å². The number of hydrogen-bond acceptors (Lipinski definition) is 4. The van der Waals surface area contributed by atoms with Crippen LogP contribution in [-0.2, 0) is 0 Å². The van der Waals surface area contributed by atoms with Gasteiger partial charge in [-0.3, -0.25) is 19.7 Å². The predicted octanol–water partition coefficient (Wildman–Crippen LogP) is 1.48. The number of amides is 2. The fraction of sp³-hybridized carbons (Fsp3) is 0.0588. The zero-order valence-electron chi connectivity index (χ0n) is 12.5. The first-order valence-corrected chi connectivity index (χ1v) is 6.89. The first-order chi connectivity index (χ1) is 11.5. The van der Waals surface area contributed by atoms with E-state index >= 15 is 0 Å². The van der Waals surface area contributed by atoms with Crippen LogP contribution in [0.25, 0.3) is 0 Å². The van der Waals surface area contributed by atoms with E-state index in [1.54, 1.807) is 24.3 Å². The Kier molecular flexibility index (Phi) is 5.26. The van der Waals surface area contributed by atoms with Crippen LogP contribution in [0.4, 0.5) is 5.69 Å². The van der Waals surface area contributed by atoms with Gasteiger partial charge in [-0.1, -0.05) is 11.8 Å². The maximum Gasteiger partial charge on any atom is 0.269 e. The Morgan fingerprint density at radius 1 is 1.04 bits per heavy atom. The number of benzene rings is 2. The van der Waals surface area contributed by atoms with Gasteiger partial charge in [-0.05, 0) is 36.4 Å². The highest BCUT2D eigenvalue weighted by Crippen LogP contribution is 2.11. The van der Waals surface area contributed by atoms with E-state index in [0.717, 1.165) is 0 Å². The number of nitrogens with one attached hydrogen (secondary N) is 1. The SMILES string of the molecule is NC(=O)c1ccc(C#CCNC(=O)c2ccc([N+](=O)[O-])cc2)cc1. The normalized spacial score (nSPS) is 9.50. The van der Waals surface area contributed by atoms with Gasteiger partial charge in [-0.25, -0.2) is 0 Å². The Morgan fingerprint density at radius 3 is 2.17 bits per heavy atom. The zero-order chi connectivity index (χ0) is 17.5. The Labute approximate surface area is 137 Å². The summed E-state index contributed by atoms with van der Waals surface area (Å²) >= 11 is 0. The minimum atomic E-state index is -0.531. The summed E-state index contributed by atoms with van der Waals surface area (Å²) in [5, 5.41) is 13.1. The first kappa shape index (κ1) is 16.7. The summed E-state index contributed by atoms with van der Waals surface area (Å²) in [7, 11) is 0. The summed E-state index contributed by atoms with van der Waals surface area (Å²) < 4.78 is 0. The van der Waals surface area contributed by atoms with Gasteiger partial charge in [0.25, 0.3) is 11.6 Å². The molecule has 0 bridgehead atoms. The third kappa shape index (κ3) is 4.42. The Balaban J connectivity index is 1.90. The average molecular weight is 323 g/mol. The van der Waals surface area contributed by atoms with E-state index in [-0.39, 0.29) is 18.1 Å². The number of nitrogens with two attached hydrogens (primary N) is 1. The molecule has 3 N–H and O–H groups in total. The van der Waals surface area contributed by atoms with Crippen molar-refractivity contribution in [3.63, 3.8) is 0 Å². The van der Waals surface area contributed by atoms with Crippen molar-refractivity contribution in [2.45, 2.75) is 0 Å². The topological polar surface area (TPSA) is 115 Å². The fourth-order valence-corrected chi connectivity index (χ4v) is 1.83. The Morgan fingerprint density at radius 2 is 1.62 bits per heavy atom. The number of nitrogens with zero attached hydrogens (tertiary/aromatic N) is 1. The van der Waals surface area contributed by atoms with Crippen LogP contribution < -0.4 is 11.1 Å². The Hall–Kier alpha value is -3.66. The zero-order valence-corrected chi connectivity index (χ0v) is 12.5. The van der Waals surface area contributed by atoms with Gasteiger partial charge < -0.3 is 11.1 Å². The van der Waals surface area contributed by atoms with Crippen molar-refractivity contribution >= 4 is 17.5 Å². The van der Waals surface area contributed by atoms with Crippen LogP contribution in [0.2, 0.25) is 0 Å². The summed E-state index contributed by atoms with van der Waals surface area (Å²) in [6.45, 7) is 0.118. The summed E-state index contributed by atoms with van der Waals surface area (Å²) in [6, 6.07) is 11.7.